The Morgan fingerprint density at radius 2 is 2.00 bits per heavy atom. The van der Waals surface area contributed by atoms with Gasteiger partial charge in [-0.1, -0.05) is 6.92 Å². The molecule has 0 aliphatic heterocycles. The highest BCUT2D eigenvalue weighted by Crippen LogP contribution is 2.00. The van der Waals surface area contributed by atoms with Gasteiger partial charge in [-0.3, -0.25) is 19.2 Å². The van der Waals surface area contributed by atoms with Crippen LogP contribution in [0.15, 0.2) is 12.4 Å². The van der Waals surface area contributed by atoms with E-state index in [0.717, 1.165) is 0 Å². The number of carbonyl (C=O) groups excluding carboxylic acids is 3. The number of Topliss-reactive ketones (excluding diaryl/α,β-unsaturated/α-hetero) is 1. The van der Waals surface area contributed by atoms with E-state index in [0.29, 0.717) is 0 Å². The van der Waals surface area contributed by atoms with E-state index in [9.17, 15) is 23.6 Å². The van der Waals surface area contributed by atoms with E-state index in [1.54, 1.807) is 6.92 Å². The van der Waals surface area contributed by atoms with E-state index in [1.165, 1.54) is 12.4 Å². The number of alkyl halides is 1. The maximum Gasteiger partial charge on any atom is 0.305 e. The van der Waals surface area contributed by atoms with Crippen molar-refractivity contribution < 1.29 is 28.7 Å². The van der Waals surface area contributed by atoms with Crippen molar-refractivity contribution in [2.75, 3.05) is 6.67 Å². The van der Waals surface area contributed by atoms with Crippen LogP contribution in [0, 0.1) is 0 Å². The number of aliphatic carboxylic acids is 1. The number of rotatable bonds is 9. The van der Waals surface area contributed by atoms with Crippen molar-refractivity contribution in [1.82, 2.24) is 20.6 Å². The van der Waals surface area contributed by atoms with Crippen LogP contribution < -0.4 is 10.6 Å². The van der Waals surface area contributed by atoms with Crippen LogP contribution in [0.3, 0.4) is 0 Å². The Labute approximate surface area is 130 Å². The highest BCUT2D eigenvalue weighted by molar-refractivity contribution is 5.97. The van der Waals surface area contributed by atoms with E-state index in [4.69, 9.17) is 5.11 Å². The summed E-state index contributed by atoms with van der Waals surface area (Å²) in [5.74, 6) is -3.82. The smallest absolute Gasteiger partial charge is 0.305 e. The van der Waals surface area contributed by atoms with Crippen molar-refractivity contribution in [1.29, 1.82) is 0 Å². The standard InChI is InChI=1S/C13H17FN4O5/c1-2-7(17-13(23)11-15-3-4-16-11)12(22)18-8(5-10(20)21)9(19)6-14/h3-4,7-8H,2,5-6H2,1H3,(H,15,16)(H,17,23)(H,18,22)(H,20,21)/t7-,8?/m0/s1. The summed E-state index contributed by atoms with van der Waals surface area (Å²) in [6, 6.07) is -2.50. The molecule has 0 bridgehead atoms. The zero-order valence-corrected chi connectivity index (χ0v) is 12.3. The maximum atomic E-state index is 12.4. The number of aromatic amines is 1. The van der Waals surface area contributed by atoms with E-state index < -0.39 is 48.7 Å². The molecule has 0 aliphatic rings. The molecule has 2 amide bonds. The molecular formula is C13H17FN4O5. The molecule has 4 N–H and O–H groups in total. The van der Waals surface area contributed by atoms with Crippen molar-refractivity contribution in [3.05, 3.63) is 18.2 Å². The summed E-state index contributed by atoms with van der Waals surface area (Å²) < 4.78 is 12.4. The minimum Gasteiger partial charge on any atom is -0.481 e. The molecule has 0 fully saturated rings. The Hall–Kier alpha value is -2.78. The second kappa shape index (κ2) is 8.61. The average Bonchev–Trinajstić information content (AvgIpc) is 3.04. The average molecular weight is 328 g/mol. The van der Waals surface area contributed by atoms with Gasteiger partial charge in [-0.15, -0.1) is 0 Å². The maximum absolute atomic E-state index is 12.4. The number of ketones is 1. The molecule has 0 saturated heterocycles. The number of nitrogens with one attached hydrogen (secondary N) is 3. The molecule has 0 spiro atoms. The first kappa shape index (κ1) is 18.3. The molecule has 1 rings (SSSR count). The van der Waals surface area contributed by atoms with Gasteiger partial charge in [0.15, 0.2) is 11.6 Å². The fourth-order valence-corrected chi connectivity index (χ4v) is 1.75. The zero-order chi connectivity index (χ0) is 17.4. The van der Waals surface area contributed by atoms with Gasteiger partial charge in [0.25, 0.3) is 5.91 Å². The second-order valence-electron chi connectivity index (χ2n) is 4.63. The van der Waals surface area contributed by atoms with Crippen LogP contribution in [0.1, 0.15) is 30.4 Å². The van der Waals surface area contributed by atoms with Crippen molar-refractivity contribution in [3.8, 4) is 0 Å². The predicted molar refractivity (Wildman–Crippen MR) is 75.3 cm³/mol. The number of aromatic nitrogens is 2. The van der Waals surface area contributed by atoms with Gasteiger partial charge in [-0.2, -0.15) is 0 Å². The van der Waals surface area contributed by atoms with Crippen LogP contribution in [-0.4, -0.2) is 57.4 Å². The van der Waals surface area contributed by atoms with Crippen LogP contribution in [0.5, 0.6) is 0 Å². The van der Waals surface area contributed by atoms with Crippen molar-refractivity contribution in [2.24, 2.45) is 0 Å². The third kappa shape index (κ3) is 5.49. The fraction of sp³-hybridized carbons (Fsp3) is 0.462. The monoisotopic (exact) mass is 328 g/mol. The number of imidazole rings is 1. The minimum absolute atomic E-state index is 0.00169. The molecule has 9 nitrogen and oxygen atoms in total. The third-order valence-electron chi connectivity index (χ3n) is 2.96. The zero-order valence-electron chi connectivity index (χ0n) is 12.3. The molecule has 1 aromatic heterocycles. The third-order valence-corrected chi connectivity index (χ3v) is 2.96. The first-order chi connectivity index (χ1) is 10.9. The number of nitrogens with zero attached hydrogens (tertiary/aromatic N) is 1. The van der Waals surface area contributed by atoms with Gasteiger partial charge in [0.05, 0.1) is 6.42 Å². The molecule has 0 aliphatic carbocycles. The molecule has 10 heteroatoms. The second-order valence-corrected chi connectivity index (χ2v) is 4.63. The summed E-state index contributed by atoms with van der Waals surface area (Å²) in [4.78, 5) is 52.2. The van der Waals surface area contributed by atoms with Gasteiger partial charge in [0.1, 0.15) is 18.8 Å². The highest BCUT2D eigenvalue weighted by Gasteiger charge is 2.27. The number of carbonyl (C=O) groups is 4. The Bertz CT molecular complexity index is 575. The quantitative estimate of drug-likeness (QED) is 0.478. The normalized spacial score (nSPS) is 13.0. The molecular weight excluding hydrogens is 311 g/mol. The number of amides is 2. The Morgan fingerprint density at radius 1 is 1.30 bits per heavy atom. The van der Waals surface area contributed by atoms with Crippen LogP contribution in [0.4, 0.5) is 4.39 Å². The molecule has 0 aromatic carbocycles. The SMILES string of the molecule is CC[C@H](NC(=O)c1ncc[nH]1)C(=O)NC(CC(=O)O)C(=O)CF. The van der Waals surface area contributed by atoms with E-state index in [1.807, 2.05) is 0 Å². The molecule has 1 unspecified atom stereocenters. The summed E-state index contributed by atoms with van der Waals surface area (Å²) >= 11 is 0. The lowest BCUT2D eigenvalue weighted by Gasteiger charge is -2.20. The van der Waals surface area contributed by atoms with Gasteiger partial charge < -0.3 is 20.7 Å². The molecule has 1 heterocycles. The van der Waals surface area contributed by atoms with Crippen LogP contribution in [0.25, 0.3) is 0 Å². The number of hydrogen-bond donors (Lipinski definition) is 4. The molecule has 1 aromatic rings. The topological polar surface area (TPSA) is 141 Å². The molecule has 126 valence electrons. The van der Waals surface area contributed by atoms with Gasteiger partial charge in [0, 0.05) is 12.4 Å². The molecule has 0 radical (unpaired) electrons. The lowest BCUT2D eigenvalue weighted by atomic mass is 10.1. The Morgan fingerprint density at radius 3 is 2.48 bits per heavy atom. The molecule has 2 atom stereocenters. The summed E-state index contributed by atoms with van der Waals surface area (Å²) in [6.07, 6.45) is 2.23. The largest absolute Gasteiger partial charge is 0.481 e. The summed E-state index contributed by atoms with van der Waals surface area (Å²) in [7, 11) is 0. The summed E-state index contributed by atoms with van der Waals surface area (Å²) in [5.41, 5.74) is 0. The lowest BCUT2D eigenvalue weighted by molar-refractivity contribution is -0.140. The Kier molecular flexibility index (Phi) is 6.84. The van der Waals surface area contributed by atoms with E-state index in [-0.39, 0.29) is 12.2 Å². The van der Waals surface area contributed by atoms with Crippen molar-refractivity contribution >= 4 is 23.6 Å². The number of hydrogen-bond acceptors (Lipinski definition) is 5. The van der Waals surface area contributed by atoms with E-state index >= 15 is 0 Å². The lowest BCUT2D eigenvalue weighted by Crippen LogP contribution is -2.52. The first-order valence-electron chi connectivity index (χ1n) is 6.80. The van der Waals surface area contributed by atoms with Gasteiger partial charge in [0.2, 0.25) is 5.91 Å². The predicted octanol–water partition coefficient (Wildman–Crippen LogP) is -0.584. The van der Waals surface area contributed by atoms with Crippen LogP contribution >= 0.6 is 0 Å². The van der Waals surface area contributed by atoms with Crippen LogP contribution in [-0.2, 0) is 14.4 Å². The van der Waals surface area contributed by atoms with Crippen LogP contribution in [0.2, 0.25) is 0 Å². The first-order valence-corrected chi connectivity index (χ1v) is 6.80. The molecule has 23 heavy (non-hydrogen) atoms. The van der Waals surface area contributed by atoms with Crippen molar-refractivity contribution in [2.45, 2.75) is 31.8 Å². The molecule has 0 saturated carbocycles. The number of halogens is 1. The number of carboxylic acid groups (broad SMARTS) is 1. The highest BCUT2D eigenvalue weighted by atomic mass is 19.1. The number of H-pyrrole nitrogens is 1. The number of carboxylic acids is 1. The Balaban J connectivity index is 2.72. The van der Waals surface area contributed by atoms with E-state index in [2.05, 4.69) is 20.6 Å². The van der Waals surface area contributed by atoms with Gasteiger partial charge >= 0.3 is 5.97 Å². The van der Waals surface area contributed by atoms with Gasteiger partial charge in [-0.25, -0.2) is 9.37 Å². The van der Waals surface area contributed by atoms with Gasteiger partial charge in [-0.05, 0) is 6.42 Å². The minimum atomic E-state index is -1.49. The summed E-state index contributed by atoms with van der Waals surface area (Å²) in [6.45, 7) is 0.212. The fourth-order valence-electron chi connectivity index (χ4n) is 1.75. The summed E-state index contributed by atoms with van der Waals surface area (Å²) in [5, 5.41) is 13.2. The van der Waals surface area contributed by atoms with Crippen molar-refractivity contribution in [3.63, 3.8) is 0 Å².